The second-order valence-electron chi connectivity index (χ2n) is 4.19. The molecule has 0 unspecified atom stereocenters. The highest BCUT2D eigenvalue weighted by Crippen LogP contribution is 2.33. The van der Waals surface area contributed by atoms with Crippen molar-refractivity contribution in [3.8, 4) is 0 Å². The molecule has 0 spiro atoms. The number of carbonyl (C=O) groups excluding carboxylic acids is 1. The zero-order valence-electron chi connectivity index (χ0n) is 10.4. The van der Waals surface area contributed by atoms with Crippen LogP contribution in [0, 0.1) is 0 Å². The van der Waals surface area contributed by atoms with E-state index in [9.17, 15) is 4.79 Å². The molecule has 0 saturated heterocycles. The van der Waals surface area contributed by atoms with Gasteiger partial charge in [0, 0.05) is 17.5 Å². The third-order valence-electron chi connectivity index (χ3n) is 2.99. The number of hydrogen-bond donors (Lipinski definition) is 1. The quantitative estimate of drug-likeness (QED) is 0.676. The maximum atomic E-state index is 11.5. The van der Waals surface area contributed by atoms with Crippen LogP contribution >= 0.6 is 0 Å². The van der Waals surface area contributed by atoms with Crippen LogP contribution in [-0.2, 0) is 4.74 Å². The molecule has 0 amide bonds. The largest absolute Gasteiger partial charge is 0.465 e. The number of anilines is 2. The molecule has 2 aromatic rings. The molecule has 4 nitrogen and oxygen atoms in total. The van der Waals surface area contributed by atoms with E-state index in [1.807, 2.05) is 30.5 Å². The first kappa shape index (κ1) is 11.5. The summed E-state index contributed by atoms with van der Waals surface area (Å²) in [5.74, 6) is -0.355. The van der Waals surface area contributed by atoms with Crippen molar-refractivity contribution >= 4 is 29.2 Å². The summed E-state index contributed by atoms with van der Waals surface area (Å²) in [5, 5.41) is 3.29. The molecule has 1 heterocycles. The van der Waals surface area contributed by atoms with Crippen molar-refractivity contribution in [3.63, 3.8) is 0 Å². The Kier molecular flexibility index (Phi) is 2.76. The first-order valence-electron chi connectivity index (χ1n) is 5.90. The van der Waals surface area contributed by atoms with E-state index in [-0.39, 0.29) is 5.97 Å². The van der Waals surface area contributed by atoms with Gasteiger partial charge in [-0.1, -0.05) is 18.2 Å². The molecule has 0 aromatic heterocycles. The highest BCUT2D eigenvalue weighted by Gasteiger charge is 2.12. The second-order valence-corrected chi connectivity index (χ2v) is 4.19. The highest BCUT2D eigenvalue weighted by molar-refractivity contribution is 5.97. The van der Waals surface area contributed by atoms with Gasteiger partial charge in [-0.3, -0.25) is 4.99 Å². The Labute approximate surface area is 110 Å². The number of aliphatic imine (C=N–C) groups is 1. The van der Waals surface area contributed by atoms with Crippen LogP contribution in [-0.4, -0.2) is 19.3 Å². The molecular formula is C15H12N2O2. The van der Waals surface area contributed by atoms with Gasteiger partial charge in [0.15, 0.2) is 0 Å². The van der Waals surface area contributed by atoms with Gasteiger partial charge >= 0.3 is 5.97 Å². The highest BCUT2D eigenvalue weighted by atomic mass is 16.5. The second kappa shape index (κ2) is 4.57. The molecule has 0 bridgehead atoms. The number of benzene rings is 2. The monoisotopic (exact) mass is 252 g/mol. The predicted octanol–water partition coefficient (Wildman–Crippen LogP) is 3.28. The number of para-hydroxylation sites is 1. The molecule has 1 aliphatic heterocycles. The average molecular weight is 252 g/mol. The van der Waals surface area contributed by atoms with Crippen LogP contribution in [0.1, 0.15) is 15.9 Å². The number of hydrogen-bond acceptors (Lipinski definition) is 4. The fraction of sp³-hybridized carbons (Fsp3) is 0.0667. The third kappa shape index (κ3) is 2.08. The maximum Gasteiger partial charge on any atom is 0.337 e. The van der Waals surface area contributed by atoms with Gasteiger partial charge in [0.25, 0.3) is 0 Å². The van der Waals surface area contributed by atoms with E-state index in [0.717, 1.165) is 22.6 Å². The minimum Gasteiger partial charge on any atom is -0.465 e. The van der Waals surface area contributed by atoms with Crippen molar-refractivity contribution in [3.05, 3.63) is 53.6 Å². The SMILES string of the molecule is COC(=O)c1ccc2c(c1)Nc1ccccc1C=N2. The van der Waals surface area contributed by atoms with Crippen LogP contribution in [0.5, 0.6) is 0 Å². The number of methoxy groups -OCH3 is 1. The zero-order chi connectivity index (χ0) is 13.2. The minimum absolute atomic E-state index is 0.355. The van der Waals surface area contributed by atoms with E-state index in [0.29, 0.717) is 5.56 Å². The molecule has 2 aromatic carbocycles. The van der Waals surface area contributed by atoms with Gasteiger partial charge in [0.2, 0.25) is 0 Å². The molecular weight excluding hydrogens is 240 g/mol. The number of esters is 1. The Morgan fingerprint density at radius 2 is 2.00 bits per heavy atom. The Balaban J connectivity index is 2.08. The van der Waals surface area contributed by atoms with E-state index in [4.69, 9.17) is 4.74 Å². The number of fused-ring (bicyclic) bond motifs is 2. The number of ether oxygens (including phenoxy) is 1. The molecule has 0 aliphatic carbocycles. The molecule has 1 aliphatic rings. The van der Waals surface area contributed by atoms with Gasteiger partial charge < -0.3 is 10.1 Å². The fourth-order valence-electron chi connectivity index (χ4n) is 2.00. The standard InChI is InChI=1S/C15H12N2O2/c1-19-15(18)10-6-7-13-14(8-10)17-12-5-3-2-4-11(12)9-16-13/h2-9,17H,1H3. The van der Waals surface area contributed by atoms with E-state index >= 15 is 0 Å². The van der Waals surface area contributed by atoms with Crippen molar-refractivity contribution in [2.75, 3.05) is 12.4 Å². The summed E-state index contributed by atoms with van der Waals surface area (Å²) in [7, 11) is 1.37. The summed E-state index contributed by atoms with van der Waals surface area (Å²) in [6.45, 7) is 0. The van der Waals surface area contributed by atoms with Crippen LogP contribution < -0.4 is 5.32 Å². The molecule has 3 rings (SSSR count). The van der Waals surface area contributed by atoms with Crippen molar-refractivity contribution in [2.24, 2.45) is 4.99 Å². The number of rotatable bonds is 1. The summed E-state index contributed by atoms with van der Waals surface area (Å²) in [6, 6.07) is 13.1. The number of nitrogens with zero attached hydrogens (tertiary/aromatic N) is 1. The van der Waals surface area contributed by atoms with E-state index < -0.39 is 0 Å². The van der Waals surface area contributed by atoms with Crippen molar-refractivity contribution < 1.29 is 9.53 Å². The van der Waals surface area contributed by atoms with Gasteiger partial charge in [-0.2, -0.15) is 0 Å². The summed E-state index contributed by atoms with van der Waals surface area (Å²) >= 11 is 0. The van der Waals surface area contributed by atoms with Gasteiger partial charge in [-0.25, -0.2) is 4.79 Å². The first-order valence-corrected chi connectivity index (χ1v) is 5.90. The molecule has 0 saturated carbocycles. The van der Waals surface area contributed by atoms with Crippen LogP contribution in [0.15, 0.2) is 47.5 Å². The Bertz CT molecular complexity index is 678. The van der Waals surface area contributed by atoms with Crippen LogP contribution in [0.4, 0.5) is 17.1 Å². The molecule has 94 valence electrons. The van der Waals surface area contributed by atoms with Gasteiger partial charge in [0.1, 0.15) is 0 Å². The van der Waals surface area contributed by atoms with Crippen LogP contribution in [0.3, 0.4) is 0 Å². The summed E-state index contributed by atoms with van der Waals surface area (Å²) in [6.07, 6.45) is 1.81. The van der Waals surface area contributed by atoms with E-state index in [1.54, 1.807) is 18.2 Å². The van der Waals surface area contributed by atoms with Crippen molar-refractivity contribution in [2.45, 2.75) is 0 Å². The lowest BCUT2D eigenvalue weighted by Gasteiger charge is -2.09. The lowest BCUT2D eigenvalue weighted by atomic mass is 10.1. The lowest BCUT2D eigenvalue weighted by Crippen LogP contribution is -2.02. The molecule has 19 heavy (non-hydrogen) atoms. The normalized spacial score (nSPS) is 11.8. The van der Waals surface area contributed by atoms with Crippen LogP contribution in [0.2, 0.25) is 0 Å². The van der Waals surface area contributed by atoms with Crippen LogP contribution in [0.25, 0.3) is 0 Å². The predicted molar refractivity (Wildman–Crippen MR) is 74.8 cm³/mol. The fourth-order valence-corrected chi connectivity index (χ4v) is 2.00. The van der Waals surface area contributed by atoms with Crippen molar-refractivity contribution in [1.29, 1.82) is 0 Å². The smallest absolute Gasteiger partial charge is 0.337 e. The molecule has 0 atom stereocenters. The molecule has 1 N–H and O–H groups in total. The Morgan fingerprint density at radius 1 is 1.16 bits per heavy atom. The topological polar surface area (TPSA) is 50.7 Å². The summed E-state index contributed by atoms with van der Waals surface area (Å²) in [4.78, 5) is 16.0. The van der Waals surface area contributed by atoms with Crippen molar-refractivity contribution in [1.82, 2.24) is 0 Å². The summed E-state index contributed by atoms with van der Waals surface area (Å²) in [5.41, 5.74) is 4.07. The average Bonchev–Trinajstić information content (AvgIpc) is 2.64. The van der Waals surface area contributed by atoms with E-state index in [1.165, 1.54) is 7.11 Å². The number of nitrogens with one attached hydrogen (secondary N) is 1. The van der Waals surface area contributed by atoms with E-state index in [2.05, 4.69) is 10.3 Å². The molecule has 0 fully saturated rings. The molecule has 4 heteroatoms. The first-order chi connectivity index (χ1) is 9.28. The summed E-state index contributed by atoms with van der Waals surface area (Å²) < 4.78 is 4.72. The third-order valence-corrected chi connectivity index (χ3v) is 2.99. The zero-order valence-corrected chi connectivity index (χ0v) is 10.4. The van der Waals surface area contributed by atoms with Gasteiger partial charge in [0.05, 0.1) is 24.0 Å². The van der Waals surface area contributed by atoms with Gasteiger partial charge in [-0.05, 0) is 24.3 Å². The van der Waals surface area contributed by atoms with Gasteiger partial charge in [-0.15, -0.1) is 0 Å². The Hall–Kier alpha value is -2.62. The number of carbonyl (C=O) groups is 1. The maximum absolute atomic E-state index is 11.5. The molecule has 0 radical (unpaired) electrons. The minimum atomic E-state index is -0.355. The Morgan fingerprint density at radius 3 is 2.84 bits per heavy atom. The lowest BCUT2D eigenvalue weighted by molar-refractivity contribution is 0.0601.